The van der Waals surface area contributed by atoms with E-state index in [1.807, 2.05) is 12.1 Å². The fourth-order valence-corrected chi connectivity index (χ4v) is 2.86. The van der Waals surface area contributed by atoms with E-state index in [1.54, 1.807) is 21.9 Å². The van der Waals surface area contributed by atoms with E-state index in [0.717, 1.165) is 12.1 Å². The van der Waals surface area contributed by atoms with Crippen molar-refractivity contribution in [3.63, 3.8) is 0 Å². The SMILES string of the molecule is CCc1ccc(NCC(=O)N2CCN(C(=O)c3ccco3)CC2)cc1. The van der Waals surface area contributed by atoms with Gasteiger partial charge in [0.05, 0.1) is 12.8 Å². The molecule has 1 aromatic heterocycles. The molecule has 25 heavy (non-hydrogen) atoms. The van der Waals surface area contributed by atoms with Crippen molar-refractivity contribution in [2.75, 3.05) is 38.0 Å². The molecule has 1 fully saturated rings. The Bertz CT molecular complexity index is 702. The molecule has 1 aromatic carbocycles. The second-order valence-electron chi connectivity index (χ2n) is 6.05. The number of hydrogen-bond donors (Lipinski definition) is 1. The van der Waals surface area contributed by atoms with Crippen LogP contribution in [0, 0.1) is 0 Å². The fraction of sp³-hybridized carbons (Fsp3) is 0.368. The summed E-state index contributed by atoms with van der Waals surface area (Å²) in [6.07, 6.45) is 2.49. The highest BCUT2D eigenvalue weighted by Gasteiger charge is 2.25. The summed E-state index contributed by atoms with van der Waals surface area (Å²) in [5.74, 6) is 0.271. The van der Waals surface area contributed by atoms with Gasteiger partial charge in [0, 0.05) is 31.9 Å². The molecule has 0 atom stereocenters. The number of hydrogen-bond acceptors (Lipinski definition) is 4. The number of piperazine rings is 1. The van der Waals surface area contributed by atoms with Crippen molar-refractivity contribution in [2.24, 2.45) is 0 Å². The van der Waals surface area contributed by atoms with Gasteiger partial charge in [0.15, 0.2) is 5.76 Å². The largest absolute Gasteiger partial charge is 0.459 e. The molecule has 2 heterocycles. The quantitative estimate of drug-likeness (QED) is 0.906. The van der Waals surface area contributed by atoms with Crippen LogP contribution in [0.5, 0.6) is 0 Å². The second kappa shape index (κ2) is 7.88. The normalized spacial score (nSPS) is 14.4. The minimum Gasteiger partial charge on any atom is -0.459 e. The van der Waals surface area contributed by atoms with Gasteiger partial charge >= 0.3 is 0 Å². The van der Waals surface area contributed by atoms with Crippen molar-refractivity contribution in [1.82, 2.24) is 9.80 Å². The van der Waals surface area contributed by atoms with Crippen molar-refractivity contribution in [1.29, 1.82) is 0 Å². The third-order valence-corrected chi connectivity index (χ3v) is 4.46. The number of nitrogens with zero attached hydrogens (tertiary/aromatic N) is 2. The topological polar surface area (TPSA) is 65.8 Å². The van der Waals surface area contributed by atoms with Crippen LogP contribution < -0.4 is 5.32 Å². The third kappa shape index (κ3) is 4.21. The number of carbonyl (C=O) groups excluding carboxylic acids is 2. The van der Waals surface area contributed by atoms with Crippen LogP contribution in [0.1, 0.15) is 23.0 Å². The van der Waals surface area contributed by atoms with Crippen LogP contribution in [-0.2, 0) is 11.2 Å². The molecule has 2 aromatic rings. The van der Waals surface area contributed by atoms with Gasteiger partial charge in [-0.05, 0) is 36.2 Å². The Hall–Kier alpha value is -2.76. The highest BCUT2D eigenvalue weighted by Crippen LogP contribution is 2.11. The van der Waals surface area contributed by atoms with Crippen molar-refractivity contribution >= 4 is 17.5 Å². The zero-order valence-electron chi connectivity index (χ0n) is 14.4. The van der Waals surface area contributed by atoms with Gasteiger partial charge in [0.1, 0.15) is 0 Å². The monoisotopic (exact) mass is 341 g/mol. The van der Waals surface area contributed by atoms with Crippen molar-refractivity contribution < 1.29 is 14.0 Å². The van der Waals surface area contributed by atoms with Gasteiger partial charge < -0.3 is 19.5 Å². The number of aryl methyl sites for hydroxylation is 1. The van der Waals surface area contributed by atoms with E-state index >= 15 is 0 Å². The van der Waals surface area contributed by atoms with E-state index in [-0.39, 0.29) is 18.4 Å². The molecule has 0 unspecified atom stereocenters. The number of rotatable bonds is 5. The van der Waals surface area contributed by atoms with Crippen LogP contribution in [0.25, 0.3) is 0 Å². The molecule has 6 heteroatoms. The summed E-state index contributed by atoms with van der Waals surface area (Å²) in [6.45, 7) is 4.51. The Morgan fingerprint density at radius 3 is 2.32 bits per heavy atom. The molecule has 0 bridgehead atoms. The molecule has 1 aliphatic heterocycles. The van der Waals surface area contributed by atoms with Crippen LogP contribution >= 0.6 is 0 Å². The second-order valence-corrected chi connectivity index (χ2v) is 6.05. The number of carbonyl (C=O) groups is 2. The van der Waals surface area contributed by atoms with Gasteiger partial charge in [0.2, 0.25) is 5.91 Å². The van der Waals surface area contributed by atoms with E-state index in [2.05, 4.69) is 24.4 Å². The molecular weight excluding hydrogens is 318 g/mol. The minimum absolute atomic E-state index is 0.0460. The molecule has 6 nitrogen and oxygen atoms in total. The maximum absolute atomic E-state index is 12.3. The molecule has 0 radical (unpaired) electrons. The smallest absolute Gasteiger partial charge is 0.289 e. The molecule has 0 spiro atoms. The summed E-state index contributed by atoms with van der Waals surface area (Å²) in [6, 6.07) is 11.5. The van der Waals surface area contributed by atoms with Crippen molar-refractivity contribution in [2.45, 2.75) is 13.3 Å². The average molecular weight is 341 g/mol. The zero-order valence-corrected chi connectivity index (χ0v) is 14.4. The Labute approximate surface area is 147 Å². The molecule has 0 aliphatic carbocycles. The molecule has 1 N–H and O–H groups in total. The first-order chi connectivity index (χ1) is 12.2. The number of anilines is 1. The first-order valence-electron chi connectivity index (χ1n) is 8.60. The van der Waals surface area contributed by atoms with Gasteiger partial charge in [-0.2, -0.15) is 0 Å². The summed E-state index contributed by atoms with van der Waals surface area (Å²) in [5, 5.41) is 3.16. The summed E-state index contributed by atoms with van der Waals surface area (Å²) in [7, 11) is 0. The molecule has 2 amide bonds. The van der Waals surface area contributed by atoms with E-state index in [1.165, 1.54) is 11.8 Å². The highest BCUT2D eigenvalue weighted by atomic mass is 16.3. The fourth-order valence-electron chi connectivity index (χ4n) is 2.86. The lowest BCUT2D eigenvalue weighted by atomic mass is 10.1. The summed E-state index contributed by atoms with van der Waals surface area (Å²) < 4.78 is 5.15. The van der Waals surface area contributed by atoms with E-state index in [0.29, 0.717) is 31.9 Å². The summed E-state index contributed by atoms with van der Waals surface area (Å²) in [5.41, 5.74) is 2.21. The van der Waals surface area contributed by atoms with Gasteiger partial charge in [0.25, 0.3) is 5.91 Å². The van der Waals surface area contributed by atoms with E-state index in [4.69, 9.17) is 4.42 Å². The minimum atomic E-state index is -0.119. The lowest BCUT2D eigenvalue weighted by molar-refractivity contribution is -0.130. The first kappa shape index (κ1) is 17.1. The van der Waals surface area contributed by atoms with Crippen LogP contribution in [-0.4, -0.2) is 54.3 Å². The predicted molar refractivity (Wildman–Crippen MR) is 95.5 cm³/mol. The molecule has 0 saturated carbocycles. The maximum atomic E-state index is 12.3. The van der Waals surface area contributed by atoms with Crippen LogP contribution in [0.15, 0.2) is 47.1 Å². The molecule has 132 valence electrons. The molecule has 1 aliphatic rings. The molecular formula is C19H23N3O3. The predicted octanol–water partition coefficient (Wildman–Crippen LogP) is 2.24. The Balaban J connectivity index is 1.45. The summed E-state index contributed by atoms with van der Waals surface area (Å²) in [4.78, 5) is 28.1. The molecule has 3 rings (SSSR count). The lowest BCUT2D eigenvalue weighted by Gasteiger charge is -2.34. The van der Waals surface area contributed by atoms with E-state index < -0.39 is 0 Å². The highest BCUT2D eigenvalue weighted by molar-refractivity contribution is 5.91. The van der Waals surface area contributed by atoms with Gasteiger partial charge in [-0.15, -0.1) is 0 Å². The van der Waals surface area contributed by atoms with Crippen molar-refractivity contribution in [3.05, 3.63) is 54.0 Å². The number of amides is 2. The lowest BCUT2D eigenvalue weighted by Crippen LogP contribution is -2.51. The van der Waals surface area contributed by atoms with E-state index in [9.17, 15) is 9.59 Å². The van der Waals surface area contributed by atoms with Gasteiger partial charge in [-0.1, -0.05) is 19.1 Å². The first-order valence-corrected chi connectivity index (χ1v) is 8.60. The number of furan rings is 1. The summed E-state index contributed by atoms with van der Waals surface area (Å²) >= 11 is 0. The van der Waals surface area contributed by atoms with Crippen LogP contribution in [0.2, 0.25) is 0 Å². The van der Waals surface area contributed by atoms with Crippen LogP contribution in [0.4, 0.5) is 5.69 Å². The Kier molecular flexibility index (Phi) is 5.38. The van der Waals surface area contributed by atoms with Crippen LogP contribution in [0.3, 0.4) is 0 Å². The maximum Gasteiger partial charge on any atom is 0.289 e. The number of benzene rings is 1. The zero-order chi connectivity index (χ0) is 17.6. The van der Waals surface area contributed by atoms with Gasteiger partial charge in [-0.3, -0.25) is 9.59 Å². The van der Waals surface area contributed by atoms with Gasteiger partial charge in [-0.25, -0.2) is 0 Å². The average Bonchev–Trinajstić information content (AvgIpc) is 3.21. The standard InChI is InChI=1S/C19H23N3O3/c1-2-15-5-7-16(8-6-15)20-14-18(23)21-9-11-22(12-10-21)19(24)17-4-3-13-25-17/h3-8,13,20H,2,9-12,14H2,1H3. The Morgan fingerprint density at radius 2 is 1.72 bits per heavy atom. The Morgan fingerprint density at radius 1 is 1.04 bits per heavy atom. The molecule has 1 saturated heterocycles. The third-order valence-electron chi connectivity index (χ3n) is 4.46. The van der Waals surface area contributed by atoms with Crippen molar-refractivity contribution in [3.8, 4) is 0 Å². The number of nitrogens with one attached hydrogen (secondary N) is 1.